The minimum Gasteiger partial charge on any atom is -0.300 e. The van der Waals surface area contributed by atoms with Gasteiger partial charge in [-0.2, -0.15) is 13.2 Å². The van der Waals surface area contributed by atoms with Gasteiger partial charge in [-0.15, -0.1) is 11.3 Å². The zero-order chi connectivity index (χ0) is 17.3. The molecule has 9 heteroatoms. The number of aliphatic imine (C=N–C) groups is 1. The first-order valence-electron chi connectivity index (χ1n) is 6.53. The summed E-state index contributed by atoms with van der Waals surface area (Å²) in [5.41, 5.74) is -0.648. The van der Waals surface area contributed by atoms with Crippen LogP contribution in [-0.2, 0) is 11.0 Å². The molecular formula is C15H8BrF3N2OS2. The molecule has 0 saturated carbocycles. The number of carbonyl (C=O) groups is 1. The first-order valence-corrected chi connectivity index (χ1v) is 8.96. The maximum absolute atomic E-state index is 12.7. The summed E-state index contributed by atoms with van der Waals surface area (Å²) < 4.78 is 39.1. The number of rotatable bonds is 2. The molecule has 1 aromatic carbocycles. The van der Waals surface area contributed by atoms with Crippen molar-refractivity contribution in [1.82, 2.24) is 5.32 Å². The van der Waals surface area contributed by atoms with Crippen LogP contribution in [0.15, 0.2) is 50.1 Å². The summed E-state index contributed by atoms with van der Waals surface area (Å²) in [6, 6.07) is 8.38. The van der Waals surface area contributed by atoms with Crippen LogP contribution in [0.1, 0.15) is 10.4 Å². The van der Waals surface area contributed by atoms with Gasteiger partial charge in [0, 0.05) is 4.88 Å². The molecule has 24 heavy (non-hydrogen) atoms. The van der Waals surface area contributed by atoms with Gasteiger partial charge in [-0.05, 0) is 64.1 Å². The van der Waals surface area contributed by atoms with E-state index in [4.69, 9.17) is 0 Å². The second kappa shape index (κ2) is 6.73. The van der Waals surface area contributed by atoms with Crippen molar-refractivity contribution in [3.63, 3.8) is 0 Å². The zero-order valence-corrected chi connectivity index (χ0v) is 14.9. The lowest BCUT2D eigenvalue weighted by molar-refractivity contribution is -0.137. The molecule has 1 amide bonds. The smallest absolute Gasteiger partial charge is 0.300 e. The predicted molar refractivity (Wildman–Crippen MR) is 94.3 cm³/mol. The number of hydrogen-bond acceptors (Lipinski definition) is 4. The average Bonchev–Trinajstić information content (AvgIpc) is 3.05. The van der Waals surface area contributed by atoms with E-state index >= 15 is 0 Å². The highest BCUT2D eigenvalue weighted by molar-refractivity contribution is 9.11. The Morgan fingerprint density at radius 1 is 1.21 bits per heavy atom. The Morgan fingerprint density at radius 3 is 2.67 bits per heavy atom. The van der Waals surface area contributed by atoms with Crippen LogP contribution < -0.4 is 5.32 Å². The first-order chi connectivity index (χ1) is 11.3. The van der Waals surface area contributed by atoms with Crippen molar-refractivity contribution in [2.75, 3.05) is 0 Å². The number of amides is 1. The Kier molecular flexibility index (Phi) is 4.84. The van der Waals surface area contributed by atoms with Crippen LogP contribution in [0.5, 0.6) is 0 Å². The average molecular weight is 433 g/mol. The number of carbonyl (C=O) groups excluding carboxylic acids is 1. The van der Waals surface area contributed by atoms with Crippen LogP contribution in [0, 0.1) is 0 Å². The van der Waals surface area contributed by atoms with Crippen molar-refractivity contribution in [3.05, 3.63) is 55.5 Å². The fraction of sp³-hybridized carbons (Fsp3) is 0.0667. The molecule has 0 bridgehead atoms. The van der Waals surface area contributed by atoms with Crippen molar-refractivity contribution in [1.29, 1.82) is 0 Å². The van der Waals surface area contributed by atoms with Gasteiger partial charge in [0.2, 0.25) is 0 Å². The first kappa shape index (κ1) is 17.2. The molecule has 3 nitrogen and oxygen atoms in total. The second-order valence-corrected chi connectivity index (χ2v) is 8.20. The number of nitrogens with one attached hydrogen (secondary N) is 1. The molecule has 1 fully saturated rings. The SMILES string of the molecule is O=C1NC(=Nc2cccc(C(F)(F)F)c2)S/C1=C\c1ccc(Br)s1. The summed E-state index contributed by atoms with van der Waals surface area (Å²) in [5.74, 6) is -0.324. The Hall–Kier alpha value is -1.58. The Morgan fingerprint density at radius 2 is 2.00 bits per heavy atom. The lowest BCUT2D eigenvalue weighted by Gasteiger charge is -2.06. The van der Waals surface area contributed by atoms with Gasteiger partial charge in [-0.25, -0.2) is 4.99 Å². The standard InChI is InChI=1S/C15H8BrF3N2OS2/c16-12-5-4-10(23-12)7-11-13(22)21-14(24-11)20-9-3-1-2-8(6-9)15(17,18)19/h1-7H,(H,20,21,22)/b11-7-. The molecule has 1 aliphatic heterocycles. The van der Waals surface area contributed by atoms with Crippen LogP contribution in [-0.4, -0.2) is 11.1 Å². The number of hydrogen-bond donors (Lipinski definition) is 1. The summed E-state index contributed by atoms with van der Waals surface area (Å²) in [6.45, 7) is 0. The fourth-order valence-corrected chi connectivity index (χ4v) is 4.16. The Bertz CT molecular complexity index is 858. The molecule has 2 aromatic rings. The van der Waals surface area contributed by atoms with Gasteiger partial charge in [-0.3, -0.25) is 4.79 Å². The molecule has 1 N–H and O–H groups in total. The number of nitrogens with zero attached hydrogens (tertiary/aromatic N) is 1. The van der Waals surface area contributed by atoms with Gasteiger partial charge in [0.1, 0.15) is 0 Å². The predicted octanol–water partition coefficient (Wildman–Crippen LogP) is 5.42. The van der Waals surface area contributed by atoms with Crippen molar-refractivity contribution in [3.8, 4) is 0 Å². The third kappa shape index (κ3) is 4.08. The van der Waals surface area contributed by atoms with Crippen LogP contribution >= 0.6 is 39.0 Å². The maximum atomic E-state index is 12.7. The Labute approximate surface area is 151 Å². The highest BCUT2D eigenvalue weighted by Gasteiger charge is 2.30. The number of benzene rings is 1. The molecule has 124 valence electrons. The van der Waals surface area contributed by atoms with Crippen LogP contribution in [0.25, 0.3) is 6.08 Å². The van der Waals surface area contributed by atoms with Crippen molar-refractivity contribution in [2.24, 2.45) is 4.99 Å². The number of thiophene rings is 1. The summed E-state index contributed by atoms with van der Waals surface area (Å²) in [4.78, 5) is 17.4. The molecule has 1 aromatic heterocycles. The van der Waals surface area contributed by atoms with E-state index in [-0.39, 0.29) is 16.8 Å². The molecule has 0 radical (unpaired) electrons. The molecule has 1 aliphatic rings. The molecule has 2 heterocycles. The van der Waals surface area contributed by atoms with E-state index in [1.165, 1.54) is 23.5 Å². The quantitative estimate of drug-likeness (QED) is 0.643. The van der Waals surface area contributed by atoms with Gasteiger partial charge in [-0.1, -0.05) is 6.07 Å². The highest BCUT2D eigenvalue weighted by Crippen LogP contribution is 2.33. The molecule has 1 saturated heterocycles. The highest BCUT2D eigenvalue weighted by atomic mass is 79.9. The van der Waals surface area contributed by atoms with E-state index in [2.05, 4.69) is 26.2 Å². The van der Waals surface area contributed by atoms with E-state index in [1.807, 2.05) is 12.1 Å². The third-order valence-electron chi connectivity index (χ3n) is 2.92. The van der Waals surface area contributed by atoms with E-state index in [1.54, 1.807) is 6.08 Å². The van der Waals surface area contributed by atoms with Crippen molar-refractivity contribution >= 4 is 61.9 Å². The molecule has 0 atom stereocenters. The summed E-state index contributed by atoms with van der Waals surface area (Å²) in [6.07, 6.45) is -2.72. The fourth-order valence-electron chi connectivity index (χ4n) is 1.88. The summed E-state index contributed by atoms with van der Waals surface area (Å²) in [5, 5.41) is 2.81. The summed E-state index contributed by atoms with van der Waals surface area (Å²) in [7, 11) is 0. The second-order valence-electron chi connectivity index (χ2n) is 4.67. The maximum Gasteiger partial charge on any atom is 0.416 e. The largest absolute Gasteiger partial charge is 0.416 e. The van der Waals surface area contributed by atoms with Crippen molar-refractivity contribution < 1.29 is 18.0 Å². The molecule has 0 aliphatic carbocycles. The minimum absolute atomic E-state index is 0.132. The van der Waals surface area contributed by atoms with Gasteiger partial charge >= 0.3 is 6.18 Å². The van der Waals surface area contributed by atoms with Gasteiger partial charge in [0.05, 0.1) is 19.9 Å². The van der Waals surface area contributed by atoms with Crippen LogP contribution in [0.4, 0.5) is 18.9 Å². The van der Waals surface area contributed by atoms with Gasteiger partial charge in [0.25, 0.3) is 5.91 Å². The molecule has 0 spiro atoms. The lowest BCUT2D eigenvalue weighted by atomic mass is 10.2. The molecule has 0 unspecified atom stereocenters. The number of amidine groups is 1. The monoisotopic (exact) mass is 432 g/mol. The molecule has 3 rings (SSSR count). The van der Waals surface area contributed by atoms with E-state index < -0.39 is 11.7 Å². The number of alkyl halides is 3. The number of thioether (sulfide) groups is 1. The van der Waals surface area contributed by atoms with E-state index in [0.717, 1.165) is 32.6 Å². The van der Waals surface area contributed by atoms with E-state index in [9.17, 15) is 18.0 Å². The van der Waals surface area contributed by atoms with Crippen LogP contribution in [0.3, 0.4) is 0 Å². The normalized spacial score (nSPS) is 18.4. The summed E-state index contributed by atoms with van der Waals surface area (Å²) >= 11 is 5.90. The van der Waals surface area contributed by atoms with Crippen molar-refractivity contribution in [2.45, 2.75) is 6.18 Å². The minimum atomic E-state index is -4.43. The zero-order valence-electron chi connectivity index (χ0n) is 11.7. The Balaban J connectivity index is 1.83. The topological polar surface area (TPSA) is 41.5 Å². The van der Waals surface area contributed by atoms with Gasteiger partial charge < -0.3 is 5.32 Å². The number of halogens is 4. The van der Waals surface area contributed by atoms with Gasteiger partial charge in [0.15, 0.2) is 5.17 Å². The van der Waals surface area contributed by atoms with Crippen LogP contribution in [0.2, 0.25) is 0 Å². The molecular weight excluding hydrogens is 425 g/mol. The lowest BCUT2D eigenvalue weighted by Crippen LogP contribution is -2.19. The van der Waals surface area contributed by atoms with E-state index in [0.29, 0.717) is 4.91 Å². The third-order valence-corrected chi connectivity index (χ3v) is 5.40.